The van der Waals surface area contributed by atoms with E-state index in [1.165, 1.54) is 12.1 Å². The number of hydrogen-bond donors (Lipinski definition) is 0. The van der Waals surface area contributed by atoms with Crippen molar-refractivity contribution >= 4 is 11.7 Å². The Morgan fingerprint density at radius 1 is 1.19 bits per heavy atom. The molecule has 0 N–H and O–H groups in total. The van der Waals surface area contributed by atoms with Crippen LogP contribution in [-0.4, -0.2) is 17.5 Å². The van der Waals surface area contributed by atoms with E-state index in [1.54, 1.807) is 37.3 Å². The Bertz CT molecular complexity index is 654. The molecular weight excluding hydrogens is 274 g/mol. The Kier molecular flexibility index (Phi) is 4.50. The van der Waals surface area contributed by atoms with E-state index in [4.69, 9.17) is 9.47 Å². The highest BCUT2D eigenvalue weighted by atomic mass is 16.6. The summed E-state index contributed by atoms with van der Waals surface area (Å²) in [5.41, 5.74) is -0.173. The van der Waals surface area contributed by atoms with Crippen LogP contribution in [-0.2, 0) is 0 Å². The molecule has 6 heteroatoms. The fraction of sp³-hybridized carbons (Fsp3) is 0.133. The van der Waals surface area contributed by atoms with Crippen molar-refractivity contribution in [3.63, 3.8) is 0 Å². The average Bonchev–Trinajstić information content (AvgIpc) is 2.48. The standard InChI is InChI=1S/C15H13NO5/c1-2-20-14-9-8-11(10-13(14)16(18)19)15(17)21-12-6-4-3-5-7-12/h3-10H,2H2,1H3. The summed E-state index contributed by atoms with van der Waals surface area (Å²) >= 11 is 0. The number of carbonyl (C=O) groups is 1. The Hall–Kier alpha value is -2.89. The van der Waals surface area contributed by atoms with Crippen molar-refractivity contribution in [1.82, 2.24) is 0 Å². The number of para-hydroxylation sites is 1. The van der Waals surface area contributed by atoms with Crippen molar-refractivity contribution in [2.45, 2.75) is 6.92 Å². The third-order valence-electron chi connectivity index (χ3n) is 2.64. The van der Waals surface area contributed by atoms with E-state index in [0.717, 1.165) is 6.07 Å². The third-order valence-corrected chi connectivity index (χ3v) is 2.64. The molecule has 0 spiro atoms. The highest BCUT2D eigenvalue weighted by Crippen LogP contribution is 2.28. The van der Waals surface area contributed by atoms with Crippen LogP contribution in [0.25, 0.3) is 0 Å². The van der Waals surface area contributed by atoms with E-state index in [1.807, 2.05) is 0 Å². The first kappa shape index (κ1) is 14.5. The van der Waals surface area contributed by atoms with Gasteiger partial charge >= 0.3 is 11.7 Å². The number of ether oxygens (including phenoxy) is 2. The van der Waals surface area contributed by atoms with Gasteiger partial charge in [-0.15, -0.1) is 0 Å². The molecule has 0 aliphatic rings. The van der Waals surface area contributed by atoms with Crippen LogP contribution in [0, 0.1) is 10.1 Å². The molecule has 0 saturated carbocycles. The molecule has 0 aromatic heterocycles. The van der Waals surface area contributed by atoms with Gasteiger partial charge in [0.25, 0.3) is 0 Å². The van der Waals surface area contributed by atoms with Crippen molar-refractivity contribution in [3.05, 3.63) is 64.2 Å². The van der Waals surface area contributed by atoms with Crippen LogP contribution in [0.3, 0.4) is 0 Å². The van der Waals surface area contributed by atoms with E-state index in [2.05, 4.69) is 0 Å². The molecule has 0 saturated heterocycles. The predicted octanol–water partition coefficient (Wildman–Crippen LogP) is 3.21. The van der Waals surface area contributed by atoms with E-state index >= 15 is 0 Å². The topological polar surface area (TPSA) is 78.7 Å². The molecule has 2 rings (SSSR count). The van der Waals surface area contributed by atoms with Gasteiger partial charge in [0.2, 0.25) is 0 Å². The summed E-state index contributed by atoms with van der Waals surface area (Å²) in [6.07, 6.45) is 0. The summed E-state index contributed by atoms with van der Waals surface area (Å²) in [6, 6.07) is 12.5. The lowest BCUT2D eigenvalue weighted by Crippen LogP contribution is -2.09. The van der Waals surface area contributed by atoms with Crippen molar-refractivity contribution in [3.8, 4) is 11.5 Å². The summed E-state index contributed by atoms with van der Waals surface area (Å²) in [7, 11) is 0. The zero-order valence-electron chi connectivity index (χ0n) is 11.3. The molecule has 0 atom stereocenters. The van der Waals surface area contributed by atoms with Crippen LogP contribution in [0.1, 0.15) is 17.3 Å². The Labute approximate surface area is 121 Å². The molecule has 2 aromatic carbocycles. The molecule has 21 heavy (non-hydrogen) atoms. The van der Waals surface area contributed by atoms with Gasteiger partial charge in [-0.25, -0.2) is 4.79 Å². The molecule has 108 valence electrons. The highest BCUT2D eigenvalue weighted by Gasteiger charge is 2.19. The van der Waals surface area contributed by atoms with E-state index in [0.29, 0.717) is 12.4 Å². The molecule has 0 unspecified atom stereocenters. The maximum atomic E-state index is 12.0. The van der Waals surface area contributed by atoms with Crippen LogP contribution in [0.2, 0.25) is 0 Å². The van der Waals surface area contributed by atoms with E-state index in [-0.39, 0.29) is 17.0 Å². The van der Waals surface area contributed by atoms with Gasteiger partial charge < -0.3 is 9.47 Å². The number of rotatable bonds is 5. The Morgan fingerprint density at radius 2 is 1.90 bits per heavy atom. The van der Waals surface area contributed by atoms with Crippen LogP contribution >= 0.6 is 0 Å². The lowest BCUT2D eigenvalue weighted by molar-refractivity contribution is -0.385. The largest absolute Gasteiger partial charge is 0.487 e. The van der Waals surface area contributed by atoms with Crippen LogP contribution < -0.4 is 9.47 Å². The van der Waals surface area contributed by atoms with Gasteiger partial charge in [-0.3, -0.25) is 10.1 Å². The molecule has 0 bridgehead atoms. The van der Waals surface area contributed by atoms with Crippen molar-refractivity contribution in [2.75, 3.05) is 6.61 Å². The van der Waals surface area contributed by atoms with Gasteiger partial charge in [0.15, 0.2) is 5.75 Å². The molecule has 0 heterocycles. The average molecular weight is 287 g/mol. The minimum Gasteiger partial charge on any atom is -0.487 e. The quantitative estimate of drug-likeness (QED) is 0.365. The van der Waals surface area contributed by atoms with Crippen LogP contribution in [0.15, 0.2) is 48.5 Å². The highest BCUT2D eigenvalue weighted by molar-refractivity contribution is 5.92. The van der Waals surface area contributed by atoms with Gasteiger partial charge in [-0.1, -0.05) is 18.2 Å². The number of carbonyl (C=O) groups excluding carboxylic acids is 1. The summed E-state index contributed by atoms with van der Waals surface area (Å²) in [4.78, 5) is 22.4. The number of benzene rings is 2. The second kappa shape index (κ2) is 6.51. The number of esters is 1. The zero-order valence-corrected chi connectivity index (χ0v) is 11.3. The van der Waals surface area contributed by atoms with Crippen molar-refractivity contribution < 1.29 is 19.2 Å². The molecule has 0 aliphatic heterocycles. The van der Waals surface area contributed by atoms with Crippen molar-refractivity contribution in [1.29, 1.82) is 0 Å². The lowest BCUT2D eigenvalue weighted by atomic mass is 10.2. The maximum absolute atomic E-state index is 12.0. The van der Waals surface area contributed by atoms with Crippen LogP contribution in [0.4, 0.5) is 5.69 Å². The minimum atomic E-state index is -0.660. The summed E-state index contributed by atoms with van der Waals surface area (Å²) in [5, 5.41) is 11.0. The number of nitrogens with zero attached hydrogens (tertiary/aromatic N) is 1. The molecule has 0 amide bonds. The summed E-state index contributed by atoms with van der Waals surface area (Å²) in [6.45, 7) is 2.02. The first-order valence-electron chi connectivity index (χ1n) is 6.30. The summed E-state index contributed by atoms with van der Waals surface area (Å²) < 4.78 is 10.3. The first-order valence-corrected chi connectivity index (χ1v) is 6.30. The SMILES string of the molecule is CCOc1ccc(C(=O)Oc2ccccc2)cc1[N+](=O)[O-]. The van der Waals surface area contributed by atoms with Crippen LogP contribution in [0.5, 0.6) is 11.5 Å². The fourth-order valence-corrected chi connectivity index (χ4v) is 1.72. The van der Waals surface area contributed by atoms with Gasteiger partial charge in [-0.2, -0.15) is 0 Å². The van der Waals surface area contributed by atoms with Gasteiger partial charge in [0.1, 0.15) is 5.75 Å². The normalized spacial score (nSPS) is 9.95. The Morgan fingerprint density at radius 3 is 2.52 bits per heavy atom. The lowest BCUT2D eigenvalue weighted by Gasteiger charge is -2.07. The third kappa shape index (κ3) is 3.56. The van der Waals surface area contributed by atoms with Gasteiger partial charge in [-0.05, 0) is 31.2 Å². The summed E-state index contributed by atoms with van der Waals surface area (Å²) in [5.74, 6) is -0.162. The minimum absolute atomic E-state index is 0.0917. The fourth-order valence-electron chi connectivity index (χ4n) is 1.72. The smallest absolute Gasteiger partial charge is 0.343 e. The van der Waals surface area contributed by atoms with Crippen molar-refractivity contribution in [2.24, 2.45) is 0 Å². The van der Waals surface area contributed by atoms with E-state index in [9.17, 15) is 14.9 Å². The predicted molar refractivity (Wildman–Crippen MR) is 75.7 cm³/mol. The van der Waals surface area contributed by atoms with E-state index < -0.39 is 10.9 Å². The molecule has 0 radical (unpaired) electrons. The molecule has 6 nitrogen and oxygen atoms in total. The molecular formula is C15H13NO5. The number of nitro benzene ring substituents is 1. The molecule has 2 aromatic rings. The monoisotopic (exact) mass is 287 g/mol. The van der Waals surface area contributed by atoms with Gasteiger partial charge in [0, 0.05) is 6.07 Å². The second-order valence-corrected chi connectivity index (χ2v) is 4.08. The second-order valence-electron chi connectivity index (χ2n) is 4.08. The zero-order chi connectivity index (χ0) is 15.2. The van der Waals surface area contributed by atoms with Gasteiger partial charge in [0.05, 0.1) is 17.1 Å². The number of nitro groups is 1. The number of hydrogen-bond acceptors (Lipinski definition) is 5. The molecule has 0 aliphatic carbocycles. The molecule has 0 fully saturated rings. The maximum Gasteiger partial charge on any atom is 0.343 e. The first-order chi connectivity index (χ1) is 10.1. The Balaban J connectivity index is 2.25.